The number of hydrogen-bond acceptors (Lipinski definition) is 6. The largest absolute Gasteiger partial charge is 0.325 e. The molecule has 1 aromatic heterocycles. The summed E-state index contributed by atoms with van der Waals surface area (Å²) in [6.45, 7) is 0.223. The third-order valence-electron chi connectivity index (χ3n) is 2.57. The number of aromatic nitrogens is 3. The standard InChI is InChI=1S/C11H14N6O3S/c12-5-9-6-17(16-15-9)7-11(18)14-8-1-3-10(4-2-8)21(13,19)20/h1-4,6H,5,7,12H2,(H,14,18)(H2,13,19,20). The Bertz CT molecular complexity index is 738. The fourth-order valence-electron chi connectivity index (χ4n) is 1.58. The highest BCUT2D eigenvalue weighted by Gasteiger charge is 2.09. The topological polar surface area (TPSA) is 146 Å². The molecular weight excluding hydrogens is 296 g/mol. The second-order valence-corrected chi connectivity index (χ2v) is 5.79. The number of sulfonamides is 1. The van der Waals surface area contributed by atoms with Crippen molar-refractivity contribution in [1.29, 1.82) is 0 Å². The lowest BCUT2D eigenvalue weighted by Gasteiger charge is -2.05. The normalized spacial score (nSPS) is 11.3. The summed E-state index contributed by atoms with van der Waals surface area (Å²) in [6, 6.07) is 5.52. The third-order valence-corrected chi connectivity index (χ3v) is 3.50. The van der Waals surface area contributed by atoms with Gasteiger partial charge in [0.15, 0.2) is 0 Å². The average Bonchev–Trinajstić information content (AvgIpc) is 2.85. The van der Waals surface area contributed by atoms with Crippen LogP contribution in [0.3, 0.4) is 0 Å². The molecule has 0 saturated heterocycles. The van der Waals surface area contributed by atoms with Crippen LogP contribution in [0.2, 0.25) is 0 Å². The number of hydrogen-bond donors (Lipinski definition) is 3. The van der Waals surface area contributed by atoms with Crippen LogP contribution < -0.4 is 16.2 Å². The first-order valence-corrected chi connectivity index (χ1v) is 7.45. The van der Waals surface area contributed by atoms with Crippen LogP contribution in [-0.2, 0) is 27.9 Å². The molecule has 0 fully saturated rings. The minimum absolute atomic E-state index is 0.0237. The van der Waals surface area contributed by atoms with Crippen LogP contribution >= 0.6 is 0 Å². The van der Waals surface area contributed by atoms with Gasteiger partial charge in [-0.05, 0) is 24.3 Å². The van der Waals surface area contributed by atoms with Crippen molar-refractivity contribution < 1.29 is 13.2 Å². The van der Waals surface area contributed by atoms with Crippen molar-refractivity contribution in [3.8, 4) is 0 Å². The summed E-state index contributed by atoms with van der Waals surface area (Å²) in [5.41, 5.74) is 6.43. The van der Waals surface area contributed by atoms with Gasteiger partial charge < -0.3 is 11.1 Å². The van der Waals surface area contributed by atoms with E-state index in [9.17, 15) is 13.2 Å². The molecule has 21 heavy (non-hydrogen) atoms. The van der Waals surface area contributed by atoms with Gasteiger partial charge in [0.1, 0.15) is 6.54 Å². The van der Waals surface area contributed by atoms with Crippen LogP contribution in [0.5, 0.6) is 0 Å². The maximum atomic E-state index is 11.8. The van der Waals surface area contributed by atoms with Crippen molar-refractivity contribution in [3.63, 3.8) is 0 Å². The van der Waals surface area contributed by atoms with E-state index in [0.29, 0.717) is 11.4 Å². The van der Waals surface area contributed by atoms with Crippen LogP contribution in [0.15, 0.2) is 35.4 Å². The van der Waals surface area contributed by atoms with E-state index in [1.54, 1.807) is 6.20 Å². The fourth-order valence-corrected chi connectivity index (χ4v) is 2.10. The van der Waals surface area contributed by atoms with Gasteiger partial charge in [-0.1, -0.05) is 5.21 Å². The summed E-state index contributed by atoms with van der Waals surface area (Å²) in [7, 11) is -3.74. The molecule has 0 aliphatic carbocycles. The number of benzene rings is 1. The molecule has 1 heterocycles. The van der Waals surface area contributed by atoms with E-state index in [-0.39, 0.29) is 23.9 Å². The lowest BCUT2D eigenvalue weighted by Crippen LogP contribution is -2.19. The van der Waals surface area contributed by atoms with Crippen molar-refractivity contribution in [3.05, 3.63) is 36.2 Å². The number of nitrogens with one attached hydrogen (secondary N) is 1. The molecule has 1 aromatic carbocycles. The van der Waals surface area contributed by atoms with E-state index in [4.69, 9.17) is 10.9 Å². The Balaban J connectivity index is 1.99. The predicted molar refractivity (Wildman–Crippen MR) is 74.4 cm³/mol. The maximum Gasteiger partial charge on any atom is 0.246 e. The molecule has 0 atom stereocenters. The Morgan fingerprint density at radius 2 is 1.95 bits per heavy atom. The van der Waals surface area contributed by atoms with Gasteiger partial charge >= 0.3 is 0 Å². The highest BCUT2D eigenvalue weighted by molar-refractivity contribution is 7.89. The lowest BCUT2D eigenvalue weighted by molar-refractivity contribution is -0.116. The Morgan fingerprint density at radius 1 is 1.29 bits per heavy atom. The molecule has 0 aliphatic rings. The fraction of sp³-hybridized carbons (Fsp3) is 0.182. The first-order valence-electron chi connectivity index (χ1n) is 5.90. The van der Waals surface area contributed by atoms with Crippen LogP contribution in [0.25, 0.3) is 0 Å². The van der Waals surface area contributed by atoms with Crippen molar-refractivity contribution in [2.75, 3.05) is 5.32 Å². The van der Waals surface area contributed by atoms with Crippen LogP contribution in [0, 0.1) is 0 Å². The van der Waals surface area contributed by atoms with Crippen molar-refractivity contribution >= 4 is 21.6 Å². The molecule has 0 bridgehead atoms. The van der Waals surface area contributed by atoms with E-state index >= 15 is 0 Å². The summed E-state index contributed by atoms with van der Waals surface area (Å²) in [4.78, 5) is 11.8. The molecule has 5 N–H and O–H groups in total. The Hall–Kier alpha value is -2.30. The average molecular weight is 310 g/mol. The minimum Gasteiger partial charge on any atom is -0.325 e. The molecule has 0 spiro atoms. The first-order chi connectivity index (χ1) is 9.88. The van der Waals surface area contributed by atoms with Gasteiger partial charge in [-0.3, -0.25) is 4.79 Å². The van der Waals surface area contributed by atoms with Gasteiger partial charge in [0.2, 0.25) is 15.9 Å². The lowest BCUT2D eigenvalue weighted by atomic mass is 10.3. The summed E-state index contributed by atoms with van der Waals surface area (Å²) in [6.07, 6.45) is 1.57. The molecule has 9 nitrogen and oxygen atoms in total. The molecule has 112 valence electrons. The monoisotopic (exact) mass is 310 g/mol. The summed E-state index contributed by atoms with van der Waals surface area (Å²) < 4.78 is 23.6. The zero-order valence-electron chi connectivity index (χ0n) is 10.9. The van der Waals surface area contributed by atoms with E-state index in [2.05, 4.69) is 15.6 Å². The van der Waals surface area contributed by atoms with E-state index in [0.717, 1.165) is 0 Å². The van der Waals surface area contributed by atoms with Gasteiger partial charge in [0.05, 0.1) is 16.8 Å². The zero-order valence-corrected chi connectivity index (χ0v) is 11.7. The van der Waals surface area contributed by atoms with Gasteiger partial charge in [-0.25, -0.2) is 18.2 Å². The molecule has 0 unspecified atom stereocenters. The van der Waals surface area contributed by atoms with Crippen LogP contribution in [0.4, 0.5) is 5.69 Å². The molecular formula is C11H14N6O3S. The first kappa shape index (κ1) is 15.1. The highest BCUT2D eigenvalue weighted by atomic mass is 32.2. The number of nitrogens with zero attached hydrogens (tertiary/aromatic N) is 3. The zero-order chi connectivity index (χ0) is 15.5. The maximum absolute atomic E-state index is 11.8. The van der Waals surface area contributed by atoms with E-state index in [1.165, 1.54) is 28.9 Å². The molecule has 2 aromatic rings. The summed E-state index contributed by atoms with van der Waals surface area (Å²) in [5.74, 6) is -0.327. The molecule has 0 aliphatic heterocycles. The highest BCUT2D eigenvalue weighted by Crippen LogP contribution is 2.12. The minimum atomic E-state index is -3.74. The molecule has 0 saturated carbocycles. The number of rotatable bonds is 5. The summed E-state index contributed by atoms with van der Waals surface area (Å²) in [5, 5.41) is 15.1. The van der Waals surface area contributed by atoms with Crippen LogP contribution in [-0.4, -0.2) is 29.3 Å². The number of amides is 1. The van der Waals surface area contributed by atoms with Gasteiger partial charge in [-0.2, -0.15) is 0 Å². The Labute approximate surface area is 121 Å². The van der Waals surface area contributed by atoms with Gasteiger partial charge in [0, 0.05) is 12.2 Å². The quantitative estimate of drug-likeness (QED) is 0.647. The van der Waals surface area contributed by atoms with Crippen molar-refractivity contribution in [2.45, 2.75) is 18.0 Å². The van der Waals surface area contributed by atoms with Crippen LogP contribution in [0.1, 0.15) is 5.69 Å². The Morgan fingerprint density at radius 3 is 2.48 bits per heavy atom. The number of carbonyl (C=O) groups is 1. The van der Waals surface area contributed by atoms with Crippen molar-refractivity contribution in [1.82, 2.24) is 15.0 Å². The van der Waals surface area contributed by atoms with Crippen molar-refractivity contribution in [2.24, 2.45) is 10.9 Å². The van der Waals surface area contributed by atoms with Gasteiger partial charge in [-0.15, -0.1) is 5.10 Å². The third kappa shape index (κ3) is 4.08. The molecule has 2 rings (SSSR count). The van der Waals surface area contributed by atoms with Gasteiger partial charge in [0.25, 0.3) is 0 Å². The van der Waals surface area contributed by atoms with E-state index in [1.807, 2.05) is 0 Å². The summed E-state index contributed by atoms with van der Waals surface area (Å²) >= 11 is 0. The second-order valence-electron chi connectivity index (χ2n) is 4.23. The Kier molecular flexibility index (Phi) is 4.31. The molecule has 1 amide bonds. The SMILES string of the molecule is NCc1cn(CC(=O)Nc2ccc(S(N)(=O)=O)cc2)nn1. The smallest absolute Gasteiger partial charge is 0.246 e. The molecule has 0 radical (unpaired) electrons. The molecule has 10 heteroatoms. The number of nitrogens with two attached hydrogens (primary N) is 2. The number of anilines is 1. The predicted octanol–water partition coefficient (Wildman–Crippen LogP) is -0.977. The van der Waals surface area contributed by atoms with E-state index < -0.39 is 10.0 Å². The number of primary sulfonamides is 1. The number of carbonyl (C=O) groups excluding carboxylic acids is 1. The second kappa shape index (κ2) is 5.99.